The van der Waals surface area contributed by atoms with Crippen LogP contribution in [0.5, 0.6) is 0 Å². The van der Waals surface area contributed by atoms with Crippen LogP contribution in [-0.4, -0.2) is 4.98 Å². The van der Waals surface area contributed by atoms with Gasteiger partial charge in [0.25, 0.3) is 0 Å². The molecule has 0 saturated carbocycles. The van der Waals surface area contributed by atoms with Crippen LogP contribution in [0.2, 0.25) is 0 Å². The Kier molecular flexibility index (Phi) is 2.80. The molecule has 1 aromatic carbocycles. The van der Waals surface area contributed by atoms with Gasteiger partial charge in [-0.2, -0.15) is 0 Å². The molecule has 0 amide bonds. The maximum absolute atomic E-state index is 4.08. The van der Waals surface area contributed by atoms with Crippen LogP contribution in [0.15, 0.2) is 48.8 Å². The van der Waals surface area contributed by atoms with Crippen LogP contribution in [-0.2, 0) is 0 Å². The number of benzene rings is 1. The molecule has 1 heteroatoms. The van der Waals surface area contributed by atoms with Crippen LogP contribution < -0.4 is 0 Å². The zero-order chi connectivity index (χ0) is 10.5. The lowest BCUT2D eigenvalue weighted by molar-refractivity contribution is 1.33. The fourth-order valence-electron chi connectivity index (χ4n) is 1.38. The van der Waals surface area contributed by atoms with Gasteiger partial charge >= 0.3 is 0 Å². The van der Waals surface area contributed by atoms with Crippen molar-refractivity contribution >= 4 is 0 Å². The van der Waals surface area contributed by atoms with E-state index < -0.39 is 0 Å². The largest absolute Gasteiger partial charge is 0.264 e. The van der Waals surface area contributed by atoms with Gasteiger partial charge in [0.05, 0.1) is 0 Å². The highest BCUT2D eigenvalue weighted by Gasteiger charge is 1.95. The van der Waals surface area contributed by atoms with Crippen molar-refractivity contribution in [3.8, 4) is 23.0 Å². The van der Waals surface area contributed by atoms with E-state index in [0.717, 1.165) is 16.7 Å². The number of aromatic nitrogens is 1. The van der Waals surface area contributed by atoms with Crippen molar-refractivity contribution in [3.63, 3.8) is 0 Å². The third-order valence-corrected chi connectivity index (χ3v) is 2.11. The Bertz CT molecular complexity index is 486. The maximum atomic E-state index is 4.08. The summed E-state index contributed by atoms with van der Waals surface area (Å²) in [5, 5.41) is 0. The van der Waals surface area contributed by atoms with Crippen LogP contribution in [0.25, 0.3) is 11.1 Å². The van der Waals surface area contributed by atoms with E-state index in [-0.39, 0.29) is 0 Å². The molecule has 2 aromatic rings. The molecule has 0 saturated heterocycles. The SMILES string of the molecule is [CH2]C#Cc1ccc(-c2cccnc2)cc1. The molecule has 2 rings (SSSR count). The van der Waals surface area contributed by atoms with Crippen LogP contribution in [0.3, 0.4) is 0 Å². The smallest absolute Gasteiger partial charge is 0.0346 e. The van der Waals surface area contributed by atoms with Gasteiger partial charge in [0.2, 0.25) is 0 Å². The standard InChI is InChI=1S/C14H10N/c1-2-4-12-6-8-13(9-7-12)14-5-3-10-15-11-14/h3,5-11H,1H2. The molecule has 0 aliphatic rings. The number of hydrogen-bond acceptors (Lipinski definition) is 1. The molecule has 0 atom stereocenters. The Balaban J connectivity index is 2.35. The van der Waals surface area contributed by atoms with E-state index in [1.807, 2.05) is 42.6 Å². The highest BCUT2D eigenvalue weighted by atomic mass is 14.6. The zero-order valence-electron chi connectivity index (χ0n) is 8.27. The molecule has 1 radical (unpaired) electrons. The predicted octanol–water partition coefficient (Wildman–Crippen LogP) is 2.93. The van der Waals surface area contributed by atoms with Crippen LogP contribution >= 0.6 is 0 Å². The van der Waals surface area contributed by atoms with Crippen molar-refractivity contribution in [1.82, 2.24) is 4.98 Å². The number of hydrogen-bond donors (Lipinski definition) is 0. The first-order valence-electron chi connectivity index (χ1n) is 4.69. The lowest BCUT2D eigenvalue weighted by atomic mass is 10.1. The molecule has 0 N–H and O–H groups in total. The van der Waals surface area contributed by atoms with E-state index in [4.69, 9.17) is 0 Å². The van der Waals surface area contributed by atoms with Gasteiger partial charge in [-0.3, -0.25) is 4.98 Å². The second kappa shape index (κ2) is 4.43. The van der Waals surface area contributed by atoms with Crippen molar-refractivity contribution in [2.75, 3.05) is 0 Å². The third kappa shape index (κ3) is 2.24. The number of nitrogens with zero attached hydrogens (tertiary/aromatic N) is 1. The first-order chi connectivity index (χ1) is 7.40. The molecule has 0 spiro atoms. The normalized spacial score (nSPS) is 9.13. The Morgan fingerprint density at radius 3 is 2.40 bits per heavy atom. The molecule has 0 unspecified atom stereocenters. The summed E-state index contributed by atoms with van der Waals surface area (Å²) in [4.78, 5) is 4.08. The molecule has 1 nitrogen and oxygen atoms in total. The summed E-state index contributed by atoms with van der Waals surface area (Å²) in [5.41, 5.74) is 3.25. The van der Waals surface area contributed by atoms with E-state index in [9.17, 15) is 0 Å². The van der Waals surface area contributed by atoms with E-state index in [1.165, 1.54) is 0 Å². The lowest BCUT2D eigenvalue weighted by Crippen LogP contribution is -1.79. The van der Waals surface area contributed by atoms with Crippen molar-refractivity contribution in [1.29, 1.82) is 0 Å². The molecule has 71 valence electrons. The van der Waals surface area contributed by atoms with Gasteiger partial charge in [0, 0.05) is 24.9 Å². The van der Waals surface area contributed by atoms with Crippen LogP contribution in [0.4, 0.5) is 0 Å². The Labute approximate surface area is 89.8 Å². The second-order valence-corrected chi connectivity index (χ2v) is 3.12. The van der Waals surface area contributed by atoms with Gasteiger partial charge in [-0.25, -0.2) is 0 Å². The quantitative estimate of drug-likeness (QED) is 0.633. The summed E-state index contributed by atoms with van der Waals surface area (Å²) in [5.74, 6) is 5.54. The first-order valence-corrected chi connectivity index (χ1v) is 4.69. The Morgan fingerprint density at radius 2 is 1.80 bits per heavy atom. The minimum absolute atomic E-state index is 0.984. The Morgan fingerprint density at radius 1 is 1.00 bits per heavy atom. The van der Waals surface area contributed by atoms with Crippen molar-refractivity contribution in [2.45, 2.75) is 0 Å². The monoisotopic (exact) mass is 192 g/mol. The van der Waals surface area contributed by atoms with Gasteiger partial charge in [-0.15, -0.1) is 0 Å². The zero-order valence-corrected chi connectivity index (χ0v) is 8.27. The molecule has 0 fully saturated rings. The molecule has 15 heavy (non-hydrogen) atoms. The Hall–Kier alpha value is -2.07. The molecule has 0 aliphatic heterocycles. The second-order valence-electron chi connectivity index (χ2n) is 3.12. The predicted molar refractivity (Wildman–Crippen MR) is 61.9 cm³/mol. The van der Waals surface area contributed by atoms with Crippen molar-refractivity contribution in [2.24, 2.45) is 0 Å². The van der Waals surface area contributed by atoms with E-state index in [0.29, 0.717) is 0 Å². The van der Waals surface area contributed by atoms with Crippen molar-refractivity contribution < 1.29 is 0 Å². The van der Waals surface area contributed by atoms with Crippen molar-refractivity contribution in [3.05, 3.63) is 61.3 Å². The summed E-state index contributed by atoms with van der Waals surface area (Å²) >= 11 is 0. The molecule has 1 heterocycles. The molecule has 1 aromatic heterocycles. The van der Waals surface area contributed by atoms with Gasteiger partial charge < -0.3 is 0 Å². The summed E-state index contributed by atoms with van der Waals surface area (Å²) in [7, 11) is 0. The molecule has 0 bridgehead atoms. The lowest BCUT2D eigenvalue weighted by Gasteiger charge is -2.00. The van der Waals surface area contributed by atoms with E-state index in [1.54, 1.807) is 6.20 Å². The third-order valence-electron chi connectivity index (χ3n) is 2.11. The summed E-state index contributed by atoms with van der Waals surface area (Å²) in [6.45, 7) is 3.49. The fourth-order valence-corrected chi connectivity index (χ4v) is 1.38. The van der Waals surface area contributed by atoms with Gasteiger partial charge in [-0.1, -0.05) is 30.0 Å². The van der Waals surface area contributed by atoms with Gasteiger partial charge in [-0.05, 0) is 29.3 Å². The maximum Gasteiger partial charge on any atom is 0.0346 e. The highest BCUT2D eigenvalue weighted by Crippen LogP contribution is 2.17. The first kappa shape index (κ1) is 9.48. The average molecular weight is 192 g/mol. The van der Waals surface area contributed by atoms with Crippen LogP contribution in [0.1, 0.15) is 5.56 Å². The van der Waals surface area contributed by atoms with Gasteiger partial charge in [0.15, 0.2) is 0 Å². The minimum atomic E-state index is 0.984. The van der Waals surface area contributed by atoms with Gasteiger partial charge in [0.1, 0.15) is 0 Å². The summed E-state index contributed by atoms with van der Waals surface area (Å²) < 4.78 is 0. The number of pyridine rings is 1. The number of rotatable bonds is 1. The molecule has 0 aliphatic carbocycles. The summed E-state index contributed by atoms with van der Waals surface area (Å²) in [6, 6.07) is 12.0. The average Bonchev–Trinajstić information content (AvgIpc) is 2.32. The molecular formula is C14H10N. The highest BCUT2D eigenvalue weighted by molar-refractivity contribution is 5.63. The van der Waals surface area contributed by atoms with E-state index in [2.05, 4.69) is 23.7 Å². The fraction of sp³-hybridized carbons (Fsp3) is 0. The summed E-state index contributed by atoms with van der Waals surface area (Å²) in [6.07, 6.45) is 3.62. The van der Waals surface area contributed by atoms with E-state index >= 15 is 0 Å². The molecular weight excluding hydrogens is 182 g/mol. The topological polar surface area (TPSA) is 12.9 Å². The van der Waals surface area contributed by atoms with Crippen LogP contribution in [0, 0.1) is 18.8 Å². The minimum Gasteiger partial charge on any atom is -0.264 e.